The zero-order chi connectivity index (χ0) is 19.8. The molecule has 1 saturated carbocycles. The monoisotopic (exact) mass is 396 g/mol. The molecule has 2 aromatic rings. The van der Waals surface area contributed by atoms with E-state index in [0.717, 1.165) is 55.8 Å². The second kappa shape index (κ2) is 7.47. The number of carbonyl (C=O) groups is 2. The van der Waals surface area contributed by atoms with Crippen LogP contribution in [0.25, 0.3) is 11.7 Å². The molecule has 9 nitrogen and oxygen atoms in total. The maximum atomic E-state index is 12.0. The molecule has 9 heteroatoms. The summed E-state index contributed by atoms with van der Waals surface area (Å²) in [6.45, 7) is 4.02. The van der Waals surface area contributed by atoms with Crippen molar-refractivity contribution in [3.8, 4) is 0 Å². The predicted octanol–water partition coefficient (Wildman–Crippen LogP) is 1.21. The zero-order valence-corrected chi connectivity index (χ0v) is 16.2. The van der Waals surface area contributed by atoms with Gasteiger partial charge in [0, 0.05) is 43.4 Å². The van der Waals surface area contributed by atoms with Crippen LogP contribution in [-0.4, -0.2) is 59.3 Å². The van der Waals surface area contributed by atoms with E-state index in [0.29, 0.717) is 17.8 Å². The second-order valence-corrected chi connectivity index (χ2v) is 7.84. The lowest BCUT2D eigenvalue weighted by Crippen LogP contribution is -2.27. The Morgan fingerprint density at radius 1 is 1.28 bits per heavy atom. The van der Waals surface area contributed by atoms with E-state index in [1.807, 2.05) is 6.07 Å². The number of fused-ring (bicyclic) bond motifs is 1. The Morgan fingerprint density at radius 2 is 2.17 bits per heavy atom. The Kier molecular flexibility index (Phi) is 4.67. The average Bonchev–Trinajstić information content (AvgIpc) is 3.44. The molecule has 1 aliphatic carbocycles. The van der Waals surface area contributed by atoms with Gasteiger partial charge in [0.05, 0.1) is 19.2 Å². The first-order chi connectivity index (χ1) is 14.2. The maximum Gasteiger partial charge on any atom is 0.254 e. The second-order valence-electron chi connectivity index (χ2n) is 7.84. The summed E-state index contributed by atoms with van der Waals surface area (Å²) in [5, 5.41) is 10.3. The lowest BCUT2D eigenvalue weighted by atomic mass is 10.1. The molecule has 5 rings (SSSR count). The number of rotatable bonds is 5. The van der Waals surface area contributed by atoms with Crippen LogP contribution in [-0.2, 0) is 14.3 Å². The van der Waals surface area contributed by atoms with Crippen LogP contribution in [0.3, 0.4) is 0 Å². The molecular formula is C20H24N6O3. The minimum Gasteiger partial charge on any atom is -0.380 e. The molecule has 2 saturated heterocycles. The summed E-state index contributed by atoms with van der Waals surface area (Å²) in [5.74, 6) is 1.86. The smallest absolute Gasteiger partial charge is 0.254 e. The summed E-state index contributed by atoms with van der Waals surface area (Å²) in [4.78, 5) is 30.6. The van der Waals surface area contributed by atoms with E-state index in [1.165, 1.54) is 12.8 Å². The van der Waals surface area contributed by atoms with E-state index in [2.05, 4.69) is 20.6 Å². The lowest BCUT2D eigenvalue weighted by molar-refractivity contribution is -0.124. The molecule has 2 N–H and O–H groups in total. The summed E-state index contributed by atoms with van der Waals surface area (Å²) < 4.78 is 7.36. The van der Waals surface area contributed by atoms with Crippen LogP contribution in [0.1, 0.15) is 31.2 Å². The molecule has 0 aromatic carbocycles. The highest BCUT2D eigenvalue weighted by Crippen LogP contribution is 2.30. The van der Waals surface area contributed by atoms with Crippen molar-refractivity contribution >= 4 is 35.2 Å². The van der Waals surface area contributed by atoms with Crippen molar-refractivity contribution in [3.63, 3.8) is 0 Å². The van der Waals surface area contributed by atoms with Gasteiger partial charge in [-0.05, 0) is 31.3 Å². The Bertz CT molecular complexity index is 986. The quantitative estimate of drug-likeness (QED) is 0.579. The number of nitrogens with one attached hydrogen (secondary N) is 2. The minimum absolute atomic E-state index is 0.0894. The molecule has 2 aliphatic heterocycles. The third-order valence-electron chi connectivity index (χ3n) is 5.53. The minimum atomic E-state index is -0.345. The molecule has 3 fully saturated rings. The molecule has 152 valence electrons. The number of hydrogen-bond donors (Lipinski definition) is 2. The maximum absolute atomic E-state index is 12.0. The van der Waals surface area contributed by atoms with E-state index in [9.17, 15) is 9.59 Å². The van der Waals surface area contributed by atoms with E-state index >= 15 is 0 Å². The van der Waals surface area contributed by atoms with Gasteiger partial charge in [0.25, 0.3) is 5.91 Å². The Hall–Kier alpha value is -2.94. The van der Waals surface area contributed by atoms with Crippen molar-refractivity contribution in [2.75, 3.05) is 43.1 Å². The Labute approximate surface area is 168 Å². The van der Waals surface area contributed by atoms with Crippen LogP contribution in [0.2, 0.25) is 0 Å². The van der Waals surface area contributed by atoms with Crippen molar-refractivity contribution in [1.82, 2.24) is 19.9 Å². The SMILES string of the molecule is O=C1C/C(=C\c2cnn3c(NCC4CC4)cc(N4CCCOCC4)nc23)C(=O)N1. The summed E-state index contributed by atoms with van der Waals surface area (Å²) in [6, 6.07) is 2.04. The van der Waals surface area contributed by atoms with Crippen LogP contribution in [0.4, 0.5) is 11.6 Å². The first-order valence-corrected chi connectivity index (χ1v) is 10.2. The highest BCUT2D eigenvalue weighted by molar-refractivity contribution is 6.15. The fraction of sp³-hybridized carbons (Fsp3) is 0.500. The van der Waals surface area contributed by atoms with Gasteiger partial charge in [0.15, 0.2) is 5.65 Å². The van der Waals surface area contributed by atoms with E-state index < -0.39 is 0 Å². The van der Waals surface area contributed by atoms with Crippen molar-refractivity contribution in [2.24, 2.45) is 5.92 Å². The molecular weight excluding hydrogens is 372 g/mol. The third-order valence-corrected chi connectivity index (χ3v) is 5.53. The number of amides is 2. The number of ether oxygens (including phenoxy) is 1. The fourth-order valence-electron chi connectivity index (χ4n) is 3.71. The van der Waals surface area contributed by atoms with Gasteiger partial charge >= 0.3 is 0 Å². The standard InChI is InChI=1S/C20H24N6O3/c27-18-9-14(20(28)24-18)8-15-12-22-26-16(21-11-13-2-3-13)10-17(23-19(15)26)25-4-1-6-29-7-5-25/h8,10,12-13,21H,1-7,9,11H2,(H,24,27,28)/b14-8+. The van der Waals surface area contributed by atoms with Crippen LogP contribution in [0.15, 0.2) is 17.8 Å². The van der Waals surface area contributed by atoms with Gasteiger partial charge in [-0.25, -0.2) is 4.98 Å². The van der Waals surface area contributed by atoms with E-state index in [1.54, 1.807) is 16.8 Å². The molecule has 2 amide bonds. The fourth-order valence-corrected chi connectivity index (χ4v) is 3.71. The number of carbonyl (C=O) groups excluding carboxylic acids is 2. The summed E-state index contributed by atoms with van der Waals surface area (Å²) in [6.07, 6.45) is 6.98. The number of hydrogen-bond acceptors (Lipinski definition) is 7. The summed E-state index contributed by atoms with van der Waals surface area (Å²) >= 11 is 0. The number of imide groups is 1. The highest BCUT2D eigenvalue weighted by Gasteiger charge is 2.25. The highest BCUT2D eigenvalue weighted by atomic mass is 16.5. The molecule has 4 heterocycles. The lowest BCUT2D eigenvalue weighted by Gasteiger charge is -2.22. The van der Waals surface area contributed by atoms with Gasteiger partial charge in [-0.2, -0.15) is 9.61 Å². The van der Waals surface area contributed by atoms with Crippen molar-refractivity contribution in [2.45, 2.75) is 25.7 Å². The first-order valence-electron chi connectivity index (χ1n) is 10.2. The molecule has 3 aliphatic rings. The van der Waals surface area contributed by atoms with Gasteiger partial charge in [-0.1, -0.05) is 0 Å². The summed E-state index contributed by atoms with van der Waals surface area (Å²) in [5.41, 5.74) is 1.84. The third kappa shape index (κ3) is 3.82. The number of nitrogens with zero attached hydrogens (tertiary/aromatic N) is 4. The molecule has 2 aromatic heterocycles. The molecule has 0 radical (unpaired) electrons. The van der Waals surface area contributed by atoms with E-state index in [4.69, 9.17) is 9.72 Å². The molecule has 0 spiro atoms. The number of aromatic nitrogens is 3. The van der Waals surface area contributed by atoms with E-state index in [-0.39, 0.29) is 18.2 Å². The Morgan fingerprint density at radius 3 is 2.97 bits per heavy atom. The molecule has 0 bridgehead atoms. The van der Waals surface area contributed by atoms with Crippen LogP contribution in [0, 0.1) is 5.92 Å². The van der Waals surface area contributed by atoms with Gasteiger partial charge in [0.2, 0.25) is 5.91 Å². The predicted molar refractivity (Wildman–Crippen MR) is 108 cm³/mol. The van der Waals surface area contributed by atoms with Gasteiger partial charge in [-0.15, -0.1) is 0 Å². The van der Waals surface area contributed by atoms with Crippen LogP contribution in [0.5, 0.6) is 0 Å². The average molecular weight is 396 g/mol. The van der Waals surface area contributed by atoms with Crippen molar-refractivity contribution < 1.29 is 14.3 Å². The largest absolute Gasteiger partial charge is 0.380 e. The molecule has 0 atom stereocenters. The van der Waals surface area contributed by atoms with Crippen LogP contribution >= 0.6 is 0 Å². The van der Waals surface area contributed by atoms with Crippen LogP contribution < -0.4 is 15.5 Å². The van der Waals surface area contributed by atoms with Gasteiger partial charge < -0.3 is 15.0 Å². The molecule has 29 heavy (non-hydrogen) atoms. The topological polar surface area (TPSA) is 101 Å². The first kappa shape index (κ1) is 18.1. The van der Waals surface area contributed by atoms with Gasteiger partial charge in [0.1, 0.15) is 11.6 Å². The summed E-state index contributed by atoms with van der Waals surface area (Å²) in [7, 11) is 0. The normalized spacial score (nSPS) is 21.7. The number of anilines is 2. The van der Waals surface area contributed by atoms with Crippen molar-refractivity contribution in [1.29, 1.82) is 0 Å². The van der Waals surface area contributed by atoms with Crippen molar-refractivity contribution in [3.05, 3.63) is 23.4 Å². The zero-order valence-electron chi connectivity index (χ0n) is 16.2. The Balaban J connectivity index is 1.55. The van der Waals surface area contributed by atoms with Gasteiger partial charge in [-0.3, -0.25) is 14.9 Å². The molecule has 0 unspecified atom stereocenters.